The molecule has 1 aliphatic rings. The maximum absolute atomic E-state index is 12.4. The average molecular weight is 323 g/mol. The smallest absolute Gasteiger partial charge is 0.220 e. The first-order chi connectivity index (χ1) is 11.8. The largest absolute Gasteiger partial charge is 0.494 e. The van der Waals surface area contributed by atoms with Crippen LogP contribution in [0.25, 0.3) is 0 Å². The van der Waals surface area contributed by atoms with Crippen molar-refractivity contribution in [3.05, 3.63) is 66.2 Å². The minimum Gasteiger partial charge on any atom is -0.494 e. The van der Waals surface area contributed by atoms with Gasteiger partial charge in [-0.3, -0.25) is 4.79 Å². The van der Waals surface area contributed by atoms with E-state index in [0.717, 1.165) is 25.0 Å². The van der Waals surface area contributed by atoms with Gasteiger partial charge in [0.1, 0.15) is 5.75 Å². The van der Waals surface area contributed by atoms with Crippen molar-refractivity contribution in [2.75, 3.05) is 6.61 Å². The molecule has 0 unspecified atom stereocenters. The molecule has 0 spiro atoms. The maximum atomic E-state index is 12.4. The zero-order valence-corrected chi connectivity index (χ0v) is 14.0. The minimum absolute atomic E-state index is 0.123. The van der Waals surface area contributed by atoms with Crippen LogP contribution in [0.5, 0.6) is 5.75 Å². The number of nitrogens with one attached hydrogen (secondary N) is 1. The van der Waals surface area contributed by atoms with Crippen molar-refractivity contribution in [2.45, 2.75) is 44.1 Å². The number of amides is 1. The lowest BCUT2D eigenvalue weighted by Crippen LogP contribution is -2.43. The lowest BCUT2D eigenvalue weighted by atomic mass is 9.88. The Hall–Kier alpha value is -2.29. The second-order valence-electron chi connectivity index (χ2n) is 6.47. The molecule has 3 rings (SSSR count). The van der Waals surface area contributed by atoms with Crippen LogP contribution < -0.4 is 10.1 Å². The molecule has 2 aromatic rings. The molecule has 0 saturated heterocycles. The molecule has 126 valence electrons. The molecule has 0 bridgehead atoms. The topological polar surface area (TPSA) is 38.3 Å². The Morgan fingerprint density at radius 3 is 2.25 bits per heavy atom. The summed E-state index contributed by atoms with van der Waals surface area (Å²) in [4.78, 5) is 12.4. The maximum Gasteiger partial charge on any atom is 0.220 e. The van der Waals surface area contributed by atoms with Crippen molar-refractivity contribution in [1.82, 2.24) is 5.32 Å². The molecule has 1 amide bonds. The molecule has 3 nitrogen and oxygen atoms in total. The third-order valence-electron chi connectivity index (χ3n) is 4.72. The molecular formula is C21H25NO2. The molecule has 1 fully saturated rings. The van der Waals surface area contributed by atoms with Gasteiger partial charge >= 0.3 is 0 Å². The Kier molecular flexibility index (Phi) is 5.52. The van der Waals surface area contributed by atoms with Crippen LogP contribution in [-0.4, -0.2) is 12.5 Å². The van der Waals surface area contributed by atoms with Crippen molar-refractivity contribution < 1.29 is 9.53 Å². The fraction of sp³-hybridized carbons (Fsp3) is 0.381. The van der Waals surface area contributed by atoms with E-state index in [9.17, 15) is 4.79 Å². The molecule has 0 radical (unpaired) electrons. The average Bonchev–Trinajstić information content (AvgIpc) is 3.10. The summed E-state index contributed by atoms with van der Waals surface area (Å²) >= 11 is 0. The molecule has 0 heterocycles. The van der Waals surface area contributed by atoms with Crippen LogP contribution >= 0.6 is 0 Å². The molecular weight excluding hydrogens is 298 g/mol. The summed E-state index contributed by atoms with van der Waals surface area (Å²) < 4.78 is 5.66. The van der Waals surface area contributed by atoms with Gasteiger partial charge in [0.25, 0.3) is 0 Å². The fourth-order valence-corrected chi connectivity index (χ4v) is 3.49. The molecule has 0 aliphatic heterocycles. The zero-order chi connectivity index (χ0) is 16.7. The SMILES string of the molecule is O=C(CCCOc1ccccc1)NC1(c2ccccc2)CCCC1. The summed E-state index contributed by atoms with van der Waals surface area (Å²) in [7, 11) is 0. The quantitative estimate of drug-likeness (QED) is 0.765. The van der Waals surface area contributed by atoms with Crippen molar-refractivity contribution >= 4 is 5.91 Å². The van der Waals surface area contributed by atoms with Gasteiger partial charge < -0.3 is 10.1 Å². The number of hydrogen-bond donors (Lipinski definition) is 1. The molecule has 3 heteroatoms. The summed E-state index contributed by atoms with van der Waals surface area (Å²) in [6.45, 7) is 0.565. The Morgan fingerprint density at radius 1 is 0.958 bits per heavy atom. The Labute approximate surface area is 144 Å². The van der Waals surface area contributed by atoms with Gasteiger partial charge in [-0.15, -0.1) is 0 Å². The zero-order valence-electron chi connectivity index (χ0n) is 14.0. The second-order valence-corrected chi connectivity index (χ2v) is 6.47. The van der Waals surface area contributed by atoms with Crippen molar-refractivity contribution in [1.29, 1.82) is 0 Å². The summed E-state index contributed by atoms with van der Waals surface area (Å²) in [6, 6.07) is 20.1. The Morgan fingerprint density at radius 2 is 1.58 bits per heavy atom. The summed E-state index contributed by atoms with van der Waals surface area (Å²) in [5.41, 5.74) is 1.06. The number of carbonyl (C=O) groups excluding carboxylic acids is 1. The van der Waals surface area contributed by atoms with Gasteiger partial charge in [0.05, 0.1) is 12.1 Å². The van der Waals surface area contributed by atoms with E-state index in [0.29, 0.717) is 13.0 Å². The van der Waals surface area contributed by atoms with E-state index in [4.69, 9.17) is 4.74 Å². The fourth-order valence-electron chi connectivity index (χ4n) is 3.49. The van der Waals surface area contributed by atoms with Gasteiger partial charge in [-0.2, -0.15) is 0 Å². The van der Waals surface area contributed by atoms with Crippen LogP contribution in [0.15, 0.2) is 60.7 Å². The number of carbonyl (C=O) groups is 1. The van der Waals surface area contributed by atoms with E-state index >= 15 is 0 Å². The van der Waals surface area contributed by atoms with E-state index < -0.39 is 0 Å². The van der Waals surface area contributed by atoms with E-state index in [-0.39, 0.29) is 11.4 Å². The standard InChI is InChI=1S/C21H25NO2/c23-20(14-9-17-24-19-12-5-2-6-13-19)22-21(15-7-8-16-21)18-10-3-1-4-11-18/h1-6,10-13H,7-9,14-17H2,(H,22,23). The van der Waals surface area contributed by atoms with Crippen molar-refractivity contribution in [3.8, 4) is 5.75 Å². The molecule has 0 aromatic heterocycles. The van der Waals surface area contributed by atoms with Crippen LogP contribution in [0, 0.1) is 0 Å². The highest BCUT2D eigenvalue weighted by atomic mass is 16.5. The van der Waals surface area contributed by atoms with Gasteiger partial charge in [0.15, 0.2) is 0 Å². The molecule has 24 heavy (non-hydrogen) atoms. The molecule has 1 N–H and O–H groups in total. The minimum atomic E-state index is -0.168. The van der Waals surface area contributed by atoms with Crippen LogP contribution in [-0.2, 0) is 10.3 Å². The third kappa shape index (κ3) is 4.16. The van der Waals surface area contributed by atoms with Crippen LogP contribution in [0.3, 0.4) is 0 Å². The lowest BCUT2D eigenvalue weighted by Gasteiger charge is -2.31. The predicted molar refractivity (Wildman–Crippen MR) is 95.9 cm³/mol. The molecule has 1 aliphatic carbocycles. The van der Waals surface area contributed by atoms with Gasteiger partial charge in [-0.1, -0.05) is 61.4 Å². The van der Waals surface area contributed by atoms with Gasteiger partial charge in [0, 0.05) is 6.42 Å². The third-order valence-corrected chi connectivity index (χ3v) is 4.72. The summed E-state index contributed by atoms with van der Waals surface area (Å²) in [5.74, 6) is 0.979. The molecule has 0 atom stereocenters. The monoisotopic (exact) mass is 323 g/mol. The normalized spacial score (nSPS) is 15.8. The second kappa shape index (κ2) is 8.00. The van der Waals surface area contributed by atoms with Gasteiger partial charge in [0.2, 0.25) is 5.91 Å². The van der Waals surface area contributed by atoms with Gasteiger partial charge in [-0.25, -0.2) is 0 Å². The highest BCUT2D eigenvalue weighted by Gasteiger charge is 2.36. The summed E-state index contributed by atoms with van der Waals surface area (Å²) in [6.07, 6.45) is 5.64. The lowest BCUT2D eigenvalue weighted by molar-refractivity contribution is -0.123. The first-order valence-electron chi connectivity index (χ1n) is 8.83. The molecule has 2 aromatic carbocycles. The first-order valence-corrected chi connectivity index (χ1v) is 8.83. The van der Waals surface area contributed by atoms with Gasteiger partial charge in [-0.05, 0) is 37.0 Å². The predicted octanol–water partition coefficient (Wildman–Crippen LogP) is 4.43. The number of ether oxygens (including phenoxy) is 1. The van der Waals surface area contributed by atoms with Crippen molar-refractivity contribution in [3.63, 3.8) is 0 Å². The highest BCUT2D eigenvalue weighted by Crippen LogP contribution is 2.38. The highest BCUT2D eigenvalue weighted by molar-refractivity contribution is 5.77. The number of para-hydroxylation sites is 1. The first kappa shape index (κ1) is 16.6. The molecule has 1 saturated carbocycles. The van der Waals surface area contributed by atoms with Crippen LogP contribution in [0.2, 0.25) is 0 Å². The summed E-state index contributed by atoms with van der Waals surface area (Å²) in [5, 5.41) is 3.31. The number of benzene rings is 2. The Bertz CT molecular complexity index is 633. The van der Waals surface area contributed by atoms with E-state index in [1.165, 1.54) is 18.4 Å². The Balaban J connectivity index is 1.50. The van der Waals surface area contributed by atoms with E-state index in [1.54, 1.807) is 0 Å². The van der Waals surface area contributed by atoms with E-state index in [1.807, 2.05) is 36.4 Å². The van der Waals surface area contributed by atoms with Crippen LogP contribution in [0.1, 0.15) is 44.1 Å². The number of rotatable bonds is 7. The van der Waals surface area contributed by atoms with Crippen LogP contribution in [0.4, 0.5) is 0 Å². The van der Waals surface area contributed by atoms with E-state index in [2.05, 4.69) is 29.6 Å². The number of hydrogen-bond acceptors (Lipinski definition) is 2. The van der Waals surface area contributed by atoms with Crippen molar-refractivity contribution in [2.24, 2.45) is 0 Å².